The molecule has 0 spiro atoms. The van der Waals surface area contributed by atoms with Crippen molar-refractivity contribution in [2.45, 2.75) is 52.2 Å². The molecule has 0 radical (unpaired) electrons. The number of carbonyl (C=O) groups is 2. The standard InChI is InChI=1S/C29H33NO4/c1-2-3-4-10-19-30(21-24-11-6-5-7-12-24)28(31)20-23-15-17-26(18-16-23)34-22-25-13-8-9-14-27(25)29(32)33/h5-9,11-18H,2-4,10,19-22H2,1H3,(H,32,33). The van der Waals surface area contributed by atoms with Gasteiger partial charge in [-0.1, -0.05) is 86.8 Å². The number of benzene rings is 3. The van der Waals surface area contributed by atoms with Gasteiger partial charge in [-0.05, 0) is 35.7 Å². The summed E-state index contributed by atoms with van der Waals surface area (Å²) in [7, 11) is 0. The molecular weight excluding hydrogens is 426 g/mol. The maximum Gasteiger partial charge on any atom is 0.336 e. The van der Waals surface area contributed by atoms with Crippen molar-refractivity contribution in [3.63, 3.8) is 0 Å². The Morgan fingerprint density at radius 3 is 2.24 bits per heavy atom. The first-order chi connectivity index (χ1) is 16.6. The maximum atomic E-state index is 13.1. The number of rotatable bonds is 13. The zero-order valence-corrected chi connectivity index (χ0v) is 19.8. The van der Waals surface area contributed by atoms with Crippen molar-refractivity contribution in [3.8, 4) is 5.75 Å². The molecule has 0 saturated heterocycles. The summed E-state index contributed by atoms with van der Waals surface area (Å²) < 4.78 is 5.79. The number of amides is 1. The second kappa shape index (κ2) is 13.2. The van der Waals surface area contributed by atoms with E-state index in [2.05, 4.69) is 19.1 Å². The summed E-state index contributed by atoms with van der Waals surface area (Å²) in [6.07, 6.45) is 4.83. The summed E-state index contributed by atoms with van der Waals surface area (Å²) in [4.78, 5) is 26.4. The van der Waals surface area contributed by atoms with Gasteiger partial charge in [0.05, 0.1) is 12.0 Å². The van der Waals surface area contributed by atoms with Crippen LogP contribution in [0.4, 0.5) is 0 Å². The zero-order valence-electron chi connectivity index (χ0n) is 19.8. The highest BCUT2D eigenvalue weighted by atomic mass is 16.5. The fraction of sp³-hybridized carbons (Fsp3) is 0.310. The SMILES string of the molecule is CCCCCCN(Cc1ccccc1)C(=O)Cc1ccc(OCc2ccccc2C(=O)O)cc1. The lowest BCUT2D eigenvalue weighted by molar-refractivity contribution is -0.131. The van der Waals surface area contributed by atoms with Crippen molar-refractivity contribution < 1.29 is 19.4 Å². The van der Waals surface area contributed by atoms with Crippen LogP contribution in [-0.4, -0.2) is 28.4 Å². The predicted octanol–water partition coefficient (Wildman–Crippen LogP) is 6.12. The molecule has 0 aliphatic rings. The number of carboxylic acids is 1. The van der Waals surface area contributed by atoms with Crippen molar-refractivity contribution >= 4 is 11.9 Å². The lowest BCUT2D eigenvalue weighted by Crippen LogP contribution is -2.32. The molecule has 3 aromatic rings. The average molecular weight is 460 g/mol. The van der Waals surface area contributed by atoms with E-state index >= 15 is 0 Å². The molecule has 0 bridgehead atoms. The first kappa shape index (κ1) is 25.0. The van der Waals surface area contributed by atoms with Crippen LogP contribution >= 0.6 is 0 Å². The highest BCUT2D eigenvalue weighted by Gasteiger charge is 2.15. The third kappa shape index (κ3) is 7.77. The molecule has 0 aliphatic carbocycles. The van der Waals surface area contributed by atoms with Crippen LogP contribution in [0.1, 0.15) is 59.7 Å². The largest absolute Gasteiger partial charge is 0.489 e. The molecule has 3 aromatic carbocycles. The molecular formula is C29H33NO4. The topological polar surface area (TPSA) is 66.8 Å². The van der Waals surface area contributed by atoms with Crippen molar-refractivity contribution in [2.24, 2.45) is 0 Å². The molecule has 34 heavy (non-hydrogen) atoms. The molecule has 178 valence electrons. The van der Waals surface area contributed by atoms with Crippen LogP contribution in [-0.2, 0) is 24.4 Å². The molecule has 3 rings (SSSR count). The Labute approximate surface area is 202 Å². The number of ether oxygens (including phenoxy) is 1. The number of hydrogen-bond acceptors (Lipinski definition) is 3. The normalized spacial score (nSPS) is 10.6. The zero-order chi connectivity index (χ0) is 24.2. The van der Waals surface area contributed by atoms with E-state index in [1.54, 1.807) is 24.3 Å². The average Bonchev–Trinajstić information content (AvgIpc) is 2.86. The molecule has 5 nitrogen and oxygen atoms in total. The molecule has 0 atom stereocenters. The summed E-state index contributed by atoms with van der Waals surface area (Å²) in [5.74, 6) is -0.218. The third-order valence-corrected chi connectivity index (χ3v) is 5.77. The summed E-state index contributed by atoms with van der Waals surface area (Å²) in [5, 5.41) is 9.31. The Balaban J connectivity index is 1.59. The summed E-state index contributed by atoms with van der Waals surface area (Å²) >= 11 is 0. The monoisotopic (exact) mass is 459 g/mol. The fourth-order valence-corrected chi connectivity index (χ4v) is 3.83. The molecule has 5 heteroatoms. The van der Waals surface area contributed by atoms with Crippen LogP contribution < -0.4 is 4.74 Å². The molecule has 0 aromatic heterocycles. The van der Waals surface area contributed by atoms with E-state index in [-0.39, 0.29) is 18.1 Å². The molecule has 0 heterocycles. The Bertz CT molecular complexity index is 1050. The van der Waals surface area contributed by atoms with E-state index in [0.29, 0.717) is 24.3 Å². The lowest BCUT2D eigenvalue weighted by Gasteiger charge is -2.23. The summed E-state index contributed by atoms with van der Waals surface area (Å²) in [6, 6.07) is 24.4. The molecule has 0 unspecified atom stereocenters. The lowest BCUT2D eigenvalue weighted by atomic mass is 10.1. The molecule has 1 N–H and O–H groups in total. The van der Waals surface area contributed by atoms with Gasteiger partial charge in [0, 0.05) is 18.7 Å². The fourth-order valence-electron chi connectivity index (χ4n) is 3.83. The van der Waals surface area contributed by atoms with Gasteiger partial charge >= 0.3 is 5.97 Å². The number of nitrogens with zero attached hydrogens (tertiary/aromatic N) is 1. The minimum Gasteiger partial charge on any atom is -0.489 e. The van der Waals surface area contributed by atoms with Crippen LogP contribution in [0.25, 0.3) is 0 Å². The number of aromatic carboxylic acids is 1. The van der Waals surface area contributed by atoms with Crippen LogP contribution in [0.2, 0.25) is 0 Å². The number of carbonyl (C=O) groups excluding carboxylic acids is 1. The molecule has 0 aliphatic heterocycles. The third-order valence-electron chi connectivity index (χ3n) is 5.77. The minimum atomic E-state index is -0.970. The van der Waals surface area contributed by atoms with Crippen LogP contribution in [0.15, 0.2) is 78.9 Å². The van der Waals surface area contributed by atoms with Gasteiger partial charge in [-0.3, -0.25) is 4.79 Å². The van der Waals surface area contributed by atoms with Gasteiger partial charge in [0.25, 0.3) is 0 Å². The minimum absolute atomic E-state index is 0.115. The van der Waals surface area contributed by atoms with Gasteiger partial charge < -0.3 is 14.7 Å². The predicted molar refractivity (Wildman–Crippen MR) is 134 cm³/mol. The Kier molecular flexibility index (Phi) is 9.71. The molecule has 0 saturated carbocycles. The smallest absolute Gasteiger partial charge is 0.336 e. The van der Waals surface area contributed by atoms with E-state index < -0.39 is 5.97 Å². The maximum absolute atomic E-state index is 13.1. The van der Waals surface area contributed by atoms with Gasteiger partial charge in [0.1, 0.15) is 12.4 Å². The van der Waals surface area contributed by atoms with Crippen molar-refractivity contribution in [3.05, 3.63) is 101 Å². The molecule has 0 fully saturated rings. The van der Waals surface area contributed by atoms with Gasteiger partial charge in [-0.2, -0.15) is 0 Å². The Hall–Kier alpha value is -3.60. The van der Waals surface area contributed by atoms with Crippen LogP contribution in [0.5, 0.6) is 5.75 Å². The summed E-state index contributed by atoms with van der Waals surface area (Å²) in [5.41, 5.74) is 2.92. The Morgan fingerprint density at radius 2 is 1.53 bits per heavy atom. The first-order valence-electron chi connectivity index (χ1n) is 11.9. The quantitative estimate of drug-likeness (QED) is 0.313. The second-order valence-corrected chi connectivity index (χ2v) is 8.43. The van der Waals surface area contributed by atoms with E-state index in [0.717, 1.165) is 30.5 Å². The van der Waals surface area contributed by atoms with E-state index in [9.17, 15) is 14.7 Å². The van der Waals surface area contributed by atoms with Gasteiger partial charge in [-0.25, -0.2) is 4.79 Å². The number of carboxylic acid groups (broad SMARTS) is 1. The van der Waals surface area contributed by atoms with Crippen LogP contribution in [0, 0.1) is 0 Å². The van der Waals surface area contributed by atoms with Gasteiger partial charge in [0.15, 0.2) is 0 Å². The second-order valence-electron chi connectivity index (χ2n) is 8.43. The van der Waals surface area contributed by atoms with Crippen molar-refractivity contribution in [1.82, 2.24) is 4.90 Å². The Morgan fingerprint density at radius 1 is 0.824 bits per heavy atom. The highest BCUT2D eigenvalue weighted by Crippen LogP contribution is 2.18. The summed E-state index contributed by atoms with van der Waals surface area (Å²) in [6.45, 7) is 3.74. The highest BCUT2D eigenvalue weighted by molar-refractivity contribution is 5.89. The van der Waals surface area contributed by atoms with E-state index in [1.165, 1.54) is 12.8 Å². The first-order valence-corrected chi connectivity index (χ1v) is 11.9. The number of unbranched alkanes of at least 4 members (excludes halogenated alkanes) is 3. The van der Waals surface area contributed by atoms with Crippen molar-refractivity contribution in [2.75, 3.05) is 6.54 Å². The van der Waals surface area contributed by atoms with E-state index in [1.807, 2.05) is 47.4 Å². The van der Waals surface area contributed by atoms with Gasteiger partial charge in [0.2, 0.25) is 5.91 Å². The van der Waals surface area contributed by atoms with E-state index in [4.69, 9.17) is 4.74 Å². The van der Waals surface area contributed by atoms with Crippen molar-refractivity contribution in [1.29, 1.82) is 0 Å². The number of hydrogen-bond donors (Lipinski definition) is 1. The molecule has 1 amide bonds. The van der Waals surface area contributed by atoms with Crippen LogP contribution in [0.3, 0.4) is 0 Å². The van der Waals surface area contributed by atoms with Gasteiger partial charge in [-0.15, -0.1) is 0 Å².